The van der Waals surface area contributed by atoms with E-state index in [1.807, 2.05) is 30.0 Å². The van der Waals surface area contributed by atoms with Crippen molar-refractivity contribution in [3.8, 4) is 0 Å². The molecule has 3 nitrogen and oxygen atoms in total. The van der Waals surface area contributed by atoms with E-state index in [9.17, 15) is 9.90 Å². The van der Waals surface area contributed by atoms with Gasteiger partial charge in [-0.2, -0.15) is 11.8 Å². The van der Waals surface area contributed by atoms with Crippen LogP contribution in [0.4, 0.5) is 0 Å². The number of hydrogen-bond acceptors (Lipinski definition) is 3. The van der Waals surface area contributed by atoms with Crippen molar-refractivity contribution in [1.82, 2.24) is 4.90 Å². The minimum atomic E-state index is -1.02. The third-order valence-corrected chi connectivity index (χ3v) is 4.04. The Labute approximate surface area is 106 Å². The molecule has 4 heteroatoms. The molecule has 1 saturated heterocycles. The number of aliphatic hydroxyl groups is 1. The van der Waals surface area contributed by atoms with Crippen LogP contribution in [0, 0.1) is 0 Å². The molecule has 1 N–H and O–H groups in total. The van der Waals surface area contributed by atoms with Crippen molar-refractivity contribution < 1.29 is 9.90 Å². The number of hydrogen-bond donors (Lipinski definition) is 1. The fraction of sp³-hybridized carbons (Fsp3) is 0.462. The van der Waals surface area contributed by atoms with Crippen molar-refractivity contribution in [2.75, 3.05) is 18.8 Å². The molecule has 0 saturated carbocycles. The topological polar surface area (TPSA) is 40.5 Å². The maximum absolute atomic E-state index is 12.1. The van der Waals surface area contributed by atoms with E-state index in [4.69, 9.17) is 0 Å². The molecule has 0 aromatic heterocycles. The van der Waals surface area contributed by atoms with Crippen LogP contribution in [0.5, 0.6) is 0 Å². The van der Waals surface area contributed by atoms with Gasteiger partial charge in [0.05, 0.1) is 0 Å². The average Bonchev–Trinajstić information content (AvgIpc) is 2.38. The molecule has 1 aliphatic heterocycles. The summed E-state index contributed by atoms with van der Waals surface area (Å²) in [6, 6.07) is 9.11. The summed E-state index contributed by atoms with van der Waals surface area (Å²) in [6.07, 6.45) is -1.02. The van der Waals surface area contributed by atoms with Crippen molar-refractivity contribution in [2.24, 2.45) is 0 Å². The molecular formula is C13H17NO2S. The van der Waals surface area contributed by atoms with Gasteiger partial charge in [-0.15, -0.1) is 0 Å². The van der Waals surface area contributed by atoms with Gasteiger partial charge in [-0.25, -0.2) is 0 Å². The van der Waals surface area contributed by atoms with Crippen molar-refractivity contribution in [2.45, 2.75) is 18.3 Å². The Kier molecular flexibility index (Phi) is 4.07. The molecule has 1 aliphatic rings. The van der Waals surface area contributed by atoms with Gasteiger partial charge in [0.25, 0.3) is 5.91 Å². The summed E-state index contributed by atoms with van der Waals surface area (Å²) in [6.45, 7) is 3.57. The lowest BCUT2D eigenvalue weighted by Gasteiger charge is -2.32. The van der Waals surface area contributed by atoms with Gasteiger partial charge < -0.3 is 10.0 Å². The molecular weight excluding hydrogens is 234 g/mol. The zero-order valence-electron chi connectivity index (χ0n) is 9.87. The molecule has 2 atom stereocenters. The summed E-state index contributed by atoms with van der Waals surface area (Å²) < 4.78 is 0. The van der Waals surface area contributed by atoms with Gasteiger partial charge in [0.15, 0.2) is 6.10 Å². The second kappa shape index (κ2) is 5.56. The summed E-state index contributed by atoms with van der Waals surface area (Å²) in [5, 5.41) is 10.5. The number of carbonyl (C=O) groups is 1. The molecule has 1 heterocycles. The third kappa shape index (κ3) is 3.01. The highest BCUT2D eigenvalue weighted by molar-refractivity contribution is 7.99. The number of amides is 1. The number of thioether (sulfide) groups is 1. The smallest absolute Gasteiger partial charge is 0.256 e. The summed E-state index contributed by atoms with van der Waals surface area (Å²) >= 11 is 1.87. The molecule has 0 unspecified atom stereocenters. The van der Waals surface area contributed by atoms with Crippen LogP contribution in [0.15, 0.2) is 30.3 Å². The molecule has 92 valence electrons. The molecule has 2 rings (SSSR count). The van der Waals surface area contributed by atoms with Crippen molar-refractivity contribution in [1.29, 1.82) is 0 Å². The minimum Gasteiger partial charge on any atom is -0.378 e. The summed E-state index contributed by atoms with van der Waals surface area (Å²) in [5.41, 5.74) is 0.670. The first-order valence-corrected chi connectivity index (χ1v) is 6.87. The van der Waals surface area contributed by atoms with Gasteiger partial charge in [-0.3, -0.25) is 4.79 Å². The Morgan fingerprint density at radius 3 is 2.82 bits per heavy atom. The van der Waals surface area contributed by atoms with Crippen LogP contribution >= 0.6 is 11.8 Å². The van der Waals surface area contributed by atoms with Crippen LogP contribution in [0.3, 0.4) is 0 Å². The monoisotopic (exact) mass is 251 g/mol. The van der Waals surface area contributed by atoms with Crippen molar-refractivity contribution >= 4 is 17.7 Å². The van der Waals surface area contributed by atoms with Crippen molar-refractivity contribution in [3.63, 3.8) is 0 Å². The van der Waals surface area contributed by atoms with E-state index in [0.29, 0.717) is 10.8 Å². The molecule has 1 amide bonds. The van der Waals surface area contributed by atoms with E-state index in [1.54, 1.807) is 17.0 Å². The first-order valence-electron chi connectivity index (χ1n) is 5.82. The lowest BCUT2D eigenvalue weighted by Crippen LogP contribution is -2.43. The van der Waals surface area contributed by atoms with Gasteiger partial charge in [-0.05, 0) is 5.56 Å². The quantitative estimate of drug-likeness (QED) is 0.869. The van der Waals surface area contributed by atoms with E-state index in [1.165, 1.54) is 0 Å². The van der Waals surface area contributed by atoms with E-state index in [2.05, 4.69) is 6.92 Å². The predicted molar refractivity (Wildman–Crippen MR) is 69.9 cm³/mol. The SMILES string of the molecule is C[C@H]1CN(C(=O)[C@H](O)c2ccccc2)CCS1. The van der Waals surface area contributed by atoms with Crippen LogP contribution in [-0.2, 0) is 4.79 Å². The average molecular weight is 251 g/mol. The predicted octanol–water partition coefficient (Wildman–Crippen LogP) is 1.68. The van der Waals surface area contributed by atoms with Crippen LogP contribution < -0.4 is 0 Å². The summed E-state index contributed by atoms with van der Waals surface area (Å²) in [7, 11) is 0. The Morgan fingerprint density at radius 1 is 1.47 bits per heavy atom. The summed E-state index contributed by atoms with van der Waals surface area (Å²) in [4.78, 5) is 13.9. The van der Waals surface area contributed by atoms with Gasteiger partial charge in [0.2, 0.25) is 0 Å². The highest BCUT2D eigenvalue weighted by atomic mass is 32.2. The van der Waals surface area contributed by atoms with Gasteiger partial charge in [0.1, 0.15) is 0 Å². The molecule has 1 fully saturated rings. The second-order valence-corrected chi connectivity index (χ2v) is 5.83. The molecule has 0 aliphatic carbocycles. The number of nitrogens with zero attached hydrogens (tertiary/aromatic N) is 1. The van der Waals surface area contributed by atoms with Crippen LogP contribution in [-0.4, -0.2) is 40.0 Å². The molecule has 0 spiro atoms. The molecule has 0 radical (unpaired) electrons. The standard InChI is InChI=1S/C13H17NO2S/c1-10-9-14(7-8-17-10)13(16)12(15)11-5-3-2-4-6-11/h2-6,10,12,15H,7-9H2,1H3/t10-,12+/m0/s1. The zero-order valence-corrected chi connectivity index (χ0v) is 10.7. The second-order valence-electron chi connectivity index (χ2n) is 4.28. The van der Waals surface area contributed by atoms with E-state index in [-0.39, 0.29) is 5.91 Å². The lowest BCUT2D eigenvalue weighted by molar-refractivity contribution is -0.140. The zero-order chi connectivity index (χ0) is 12.3. The van der Waals surface area contributed by atoms with Crippen LogP contribution in [0.25, 0.3) is 0 Å². The normalized spacial score (nSPS) is 22.2. The maximum atomic E-state index is 12.1. The molecule has 1 aromatic rings. The van der Waals surface area contributed by atoms with Gasteiger partial charge >= 0.3 is 0 Å². The Bertz CT molecular complexity index is 382. The number of benzene rings is 1. The summed E-state index contributed by atoms with van der Waals surface area (Å²) in [5.74, 6) is 0.775. The number of aliphatic hydroxyl groups excluding tert-OH is 1. The highest BCUT2D eigenvalue weighted by Gasteiger charge is 2.27. The van der Waals surface area contributed by atoms with E-state index in [0.717, 1.165) is 18.8 Å². The molecule has 1 aromatic carbocycles. The Morgan fingerprint density at radius 2 is 2.18 bits per heavy atom. The fourth-order valence-corrected chi connectivity index (χ4v) is 2.98. The Balaban J connectivity index is 2.04. The van der Waals surface area contributed by atoms with E-state index < -0.39 is 6.10 Å². The fourth-order valence-electron chi connectivity index (χ4n) is 1.97. The Hall–Kier alpha value is -1.00. The largest absolute Gasteiger partial charge is 0.378 e. The van der Waals surface area contributed by atoms with Gasteiger partial charge in [0, 0.05) is 24.1 Å². The molecule has 17 heavy (non-hydrogen) atoms. The minimum absolute atomic E-state index is 0.177. The molecule has 0 bridgehead atoms. The third-order valence-electron chi connectivity index (χ3n) is 2.90. The number of carbonyl (C=O) groups excluding carboxylic acids is 1. The van der Waals surface area contributed by atoms with Gasteiger partial charge in [-0.1, -0.05) is 37.3 Å². The highest BCUT2D eigenvalue weighted by Crippen LogP contribution is 2.22. The lowest BCUT2D eigenvalue weighted by atomic mass is 10.1. The maximum Gasteiger partial charge on any atom is 0.256 e. The van der Waals surface area contributed by atoms with Crippen LogP contribution in [0.1, 0.15) is 18.6 Å². The van der Waals surface area contributed by atoms with Crippen LogP contribution in [0.2, 0.25) is 0 Å². The first kappa shape index (κ1) is 12.5. The van der Waals surface area contributed by atoms with Crippen molar-refractivity contribution in [3.05, 3.63) is 35.9 Å². The van der Waals surface area contributed by atoms with E-state index >= 15 is 0 Å². The number of rotatable bonds is 2. The first-order chi connectivity index (χ1) is 8.18.